The van der Waals surface area contributed by atoms with Gasteiger partial charge in [-0.1, -0.05) is 6.92 Å². The monoisotopic (exact) mass is 303 g/mol. The Bertz CT molecular complexity index is 654. The number of aromatic nitrogens is 2. The molecule has 0 saturated carbocycles. The van der Waals surface area contributed by atoms with Crippen LogP contribution >= 0.6 is 0 Å². The van der Waals surface area contributed by atoms with E-state index in [1.807, 2.05) is 31.7 Å². The van der Waals surface area contributed by atoms with Crippen molar-refractivity contribution in [2.45, 2.75) is 33.2 Å². The van der Waals surface area contributed by atoms with Crippen molar-refractivity contribution in [1.29, 1.82) is 0 Å². The summed E-state index contributed by atoms with van der Waals surface area (Å²) in [6.45, 7) is 7.49. The number of aryl methyl sites for hydroxylation is 3. The lowest BCUT2D eigenvalue weighted by molar-refractivity contribution is -0.00464. The van der Waals surface area contributed by atoms with Crippen LogP contribution in [-0.2, 0) is 11.2 Å². The Labute approximate surface area is 129 Å². The molecule has 0 spiro atoms. The van der Waals surface area contributed by atoms with Crippen molar-refractivity contribution < 1.29 is 13.9 Å². The molecule has 0 bridgehead atoms. The predicted molar refractivity (Wildman–Crippen MR) is 80.7 cm³/mol. The lowest BCUT2D eigenvalue weighted by atomic mass is 10.0. The number of amides is 1. The molecular weight excluding hydrogens is 282 g/mol. The summed E-state index contributed by atoms with van der Waals surface area (Å²) in [5.41, 5.74) is 2.91. The van der Waals surface area contributed by atoms with Gasteiger partial charge in [0.15, 0.2) is 5.76 Å². The summed E-state index contributed by atoms with van der Waals surface area (Å²) in [5.74, 6) is 1.12. The van der Waals surface area contributed by atoms with E-state index >= 15 is 0 Å². The van der Waals surface area contributed by atoms with Crippen molar-refractivity contribution >= 4 is 5.91 Å². The Morgan fingerprint density at radius 3 is 2.91 bits per heavy atom. The van der Waals surface area contributed by atoms with Crippen LogP contribution in [0.15, 0.2) is 16.5 Å². The average Bonchev–Trinajstić information content (AvgIpc) is 3.14. The molecule has 1 atom stereocenters. The van der Waals surface area contributed by atoms with Gasteiger partial charge in [-0.2, -0.15) is 5.10 Å². The highest BCUT2D eigenvalue weighted by Crippen LogP contribution is 2.29. The Hall–Kier alpha value is -2.08. The second-order valence-corrected chi connectivity index (χ2v) is 5.56. The third-order valence-corrected chi connectivity index (χ3v) is 4.13. The summed E-state index contributed by atoms with van der Waals surface area (Å²) in [6, 6.07) is 3.48. The van der Waals surface area contributed by atoms with E-state index in [0.29, 0.717) is 25.5 Å². The van der Waals surface area contributed by atoms with Gasteiger partial charge in [0.25, 0.3) is 5.91 Å². The molecule has 3 heterocycles. The maximum atomic E-state index is 12.8. The Balaban J connectivity index is 1.91. The summed E-state index contributed by atoms with van der Waals surface area (Å²) >= 11 is 0. The van der Waals surface area contributed by atoms with Crippen molar-refractivity contribution in [1.82, 2.24) is 15.1 Å². The Kier molecular flexibility index (Phi) is 4.02. The van der Waals surface area contributed by atoms with E-state index in [1.54, 1.807) is 6.07 Å². The van der Waals surface area contributed by atoms with Crippen LogP contribution in [0.4, 0.5) is 0 Å². The van der Waals surface area contributed by atoms with Crippen molar-refractivity contribution in [2.24, 2.45) is 0 Å². The zero-order chi connectivity index (χ0) is 15.7. The second kappa shape index (κ2) is 5.96. The molecule has 6 heteroatoms. The van der Waals surface area contributed by atoms with Crippen molar-refractivity contribution in [3.63, 3.8) is 0 Å². The molecule has 1 saturated heterocycles. The first kappa shape index (κ1) is 14.8. The smallest absolute Gasteiger partial charge is 0.290 e. The minimum absolute atomic E-state index is 0.0898. The van der Waals surface area contributed by atoms with Crippen molar-refractivity contribution in [2.75, 3.05) is 19.8 Å². The topological polar surface area (TPSA) is 71.4 Å². The number of rotatable bonds is 3. The molecule has 0 aliphatic carbocycles. The molecule has 0 unspecified atom stereocenters. The molecule has 22 heavy (non-hydrogen) atoms. The largest absolute Gasteiger partial charge is 0.456 e. The quantitative estimate of drug-likeness (QED) is 0.945. The van der Waals surface area contributed by atoms with E-state index in [1.165, 1.54) is 0 Å². The van der Waals surface area contributed by atoms with E-state index in [9.17, 15) is 4.79 Å². The molecule has 1 aliphatic rings. The third kappa shape index (κ3) is 2.54. The van der Waals surface area contributed by atoms with Crippen molar-refractivity contribution in [3.05, 3.63) is 40.6 Å². The van der Waals surface area contributed by atoms with E-state index in [-0.39, 0.29) is 11.9 Å². The van der Waals surface area contributed by atoms with E-state index < -0.39 is 0 Å². The fraction of sp³-hybridized carbons (Fsp3) is 0.500. The molecular formula is C16H21N3O3. The second-order valence-electron chi connectivity index (χ2n) is 5.56. The number of ether oxygens (including phenoxy) is 1. The molecule has 1 amide bonds. The van der Waals surface area contributed by atoms with Crippen LogP contribution in [-0.4, -0.2) is 40.8 Å². The molecule has 2 aromatic rings. The number of morpholine rings is 1. The highest BCUT2D eigenvalue weighted by Gasteiger charge is 2.33. The Morgan fingerprint density at radius 2 is 2.27 bits per heavy atom. The lowest BCUT2D eigenvalue weighted by Crippen LogP contribution is -2.43. The summed E-state index contributed by atoms with van der Waals surface area (Å²) in [5, 5.41) is 7.21. The Morgan fingerprint density at radius 1 is 1.45 bits per heavy atom. The standard InChI is InChI=1S/C16H21N3O3/c1-4-12-5-6-14(22-12)16(20)19-7-8-21-9-13(19)15-10(2)17-18-11(15)3/h5-6,13H,4,7-9H2,1-3H3,(H,17,18)/t13-/m1/s1. The van der Waals surface area contributed by atoms with Crippen LogP contribution in [0.2, 0.25) is 0 Å². The first-order valence-electron chi connectivity index (χ1n) is 7.60. The first-order valence-corrected chi connectivity index (χ1v) is 7.60. The minimum atomic E-state index is -0.129. The van der Waals surface area contributed by atoms with Crippen molar-refractivity contribution in [3.8, 4) is 0 Å². The number of nitrogens with one attached hydrogen (secondary N) is 1. The van der Waals surface area contributed by atoms with Gasteiger partial charge in [0.05, 0.1) is 24.9 Å². The van der Waals surface area contributed by atoms with E-state index in [0.717, 1.165) is 29.1 Å². The number of carbonyl (C=O) groups is 1. The van der Waals surface area contributed by atoms with Crippen LogP contribution in [0.3, 0.4) is 0 Å². The minimum Gasteiger partial charge on any atom is -0.456 e. The zero-order valence-corrected chi connectivity index (χ0v) is 13.2. The van der Waals surface area contributed by atoms with Gasteiger partial charge in [0, 0.05) is 24.2 Å². The van der Waals surface area contributed by atoms with Crippen LogP contribution in [0.5, 0.6) is 0 Å². The number of hydrogen-bond donors (Lipinski definition) is 1. The third-order valence-electron chi connectivity index (χ3n) is 4.13. The van der Waals surface area contributed by atoms with Gasteiger partial charge in [-0.25, -0.2) is 0 Å². The molecule has 3 rings (SSSR count). The number of carbonyl (C=O) groups excluding carboxylic acids is 1. The number of hydrogen-bond acceptors (Lipinski definition) is 4. The highest BCUT2D eigenvalue weighted by molar-refractivity contribution is 5.92. The van der Waals surface area contributed by atoms with E-state index in [4.69, 9.17) is 9.15 Å². The number of furan rings is 1. The fourth-order valence-corrected chi connectivity index (χ4v) is 2.96. The molecule has 1 N–H and O–H groups in total. The SMILES string of the molecule is CCc1ccc(C(=O)N2CCOC[C@@H]2c2c(C)n[nH]c2C)o1. The van der Waals surface area contributed by atoms with Crippen LogP contribution < -0.4 is 0 Å². The van der Waals surface area contributed by atoms with Gasteiger partial charge in [-0.3, -0.25) is 9.89 Å². The van der Waals surface area contributed by atoms with Gasteiger partial charge in [0.2, 0.25) is 0 Å². The number of nitrogens with zero attached hydrogens (tertiary/aromatic N) is 2. The highest BCUT2D eigenvalue weighted by atomic mass is 16.5. The molecule has 6 nitrogen and oxygen atoms in total. The molecule has 0 radical (unpaired) electrons. The van der Waals surface area contributed by atoms with Gasteiger partial charge >= 0.3 is 0 Å². The predicted octanol–water partition coefficient (Wildman–Crippen LogP) is 2.40. The van der Waals surface area contributed by atoms with Gasteiger partial charge in [-0.15, -0.1) is 0 Å². The normalized spacial score (nSPS) is 18.7. The van der Waals surface area contributed by atoms with Gasteiger partial charge < -0.3 is 14.1 Å². The maximum Gasteiger partial charge on any atom is 0.290 e. The summed E-state index contributed by atoms with van der Waals surface area (Å²) < 4.78 is 11.2. The van der Waals surface area contributed by atoms with Gasteiger partial charge in [0.1, 0.15) is 5.76 Å². The summed E-state index contributed by atoms with van der Waals surface area (Å²) in [6.07, 6.45) is 0.778. The van der Waals surface area contributed by atoms with Crippen LogP contribution in [0.25, 0.3) is 0 Å². The van der Waals surface area contributed by atoms with Crippen LogP contribution in [0, 0.1) is 13.8 Å². The fourth-order valence-electron chi connectivity index (χ4n) is 2.96. The van der Waals surface area contributed by atoms with E-state index in [2.05, 4.69) is 10.2 Å². The summed E-state index contributed by atoms with van der Waals surface area (Å²) in [4.78, 5) is 14.6. The summed E-state index contributed by atoms with van der Waals surface area (Å²) in [7, 11) is 0. The van der Waals surface area contributed by atoms with Gasteiger partial charge in [-0.05, 0) is 26.0 Å². The number of aromatic amines is 1. The average molecular weight is 303 g/mol. The molecule has 1 fully saturated rings. The molecule has 118 valence electrons. The molecule has 2 aromatic heterocycles. The lowest BCUT2D eigenvalue weighted by Gasteiger charge is -2.35. The first-order chi connectivity index (χ1) is 10.6. The molecule has 0 aromatic carbocycles. The number of H-pyrrole nitrogens is 1. The molecule has 1 aliphatic heterocycles. The van der Waals surface area contributed by atoms with Crippen LogP contribution in [0.1, 0.15) is 46.2 Å². The zero-order valence-electron chi connectivity index (χ0n) is 13.2. The maximum absolute atomic E-state index is 12.8.